The van der Waals surface area contributed by atoms with Gasteiger partial charge in [-0.3, -0.25) is 0 Å². The average Bonchev–Trinajstić information content (AvgIpc) is 2.58. The van der Waals surface area contributed by atoms with Gasteiger partial charge in [0.1, 0.15) is 9.54 Å². The van der Waals surface area contributed by atoms with E-state index in [1.807, 2.05) is 11.4 Å². The van der Waals surface area contributed by atoms with E-state index in [9.17, 15) is 0 Å². The minimum Gasteiger partial charge on any atom is -0.492 e. The first-order chi connectivity index (χ1) is 6.84. The van der Waals surface area contributed by atoms with E-state index in [1.54, 1.807) is 11.3 Å². The Kier molecular flexibility index (Phi) is 6.28. The van der Waals surface area contributed by atoms with Crippen LogP contribution in [-0.4, -0.2) is 6.61 Å². The van der Waals surface area contributed by atoms with Gasteiger partial charge in [0.2, 0.25) is 0 Å². The van der Waals surface area contributed by atoms with Gasteiger partial charge < -0.3 is 4.74 Å². The Hall–Kier alpha value is -0.0200. The van der Waals surface area contributed by atoms with Crippen molar-refractivity contribution in [1.82, 2.24) is 0 Å². The summed E-state index contributed by atoms with van der Waals surface area (Å²) in [7, 11) is 0. The van der Waals surface area contributed by atoms with Crippen molar-refractivity contribution in [1.29, 1.82) is 0 Å². The molecule has 1 aromatic rings. The molecule has 1 nitrogen and oxygen atoms in total. The highest BCUT2D eigenvalue weighted by Crippen LogP contribution is 2.30. The van der Waals surface area contributed by atoms with E-state index in [2.05, 4.69) is 22.9 Å². The molecule has 0 bridgehead atoms. The summed E-state index contributed by atoms with van der Waals surface area (Å²) < 4.78 is 6.72. The Morgan fingerprint density at radius 3 is 2.71 bits per heavy atom. The van der Waals surface area contributed by atoms with Crippen molar-refractivity contribution in [3.8, 4) is 5.75 Å². The zero-order valence-corrected chi connectivity index (χ0v) is 11.0. The Bertz CT molecular complexity index is 247. The molecule has 0 unspecified atom stereocenters. The van der Waals surface area contributed by atoms with E-state index in [1.165, 1.54) is 32.1 Å². The van der Waals surface area contributed by atoms with Crippen molar-refractivity contribution in [2.75, 3.05) is 6.61 Å². The van der Waals surface area contributed by atoms with Crippen molar-refractivity contribution in [2.45, 2.75) is 39.0 Å². The fraction of sp³-hybridized carbons (Fsp3) is 0.636. The van der Waals surface area contributed by atoms with Gasteiger partial charge in [0.25, 0.3) is 0 Å². The van der Waals surface area contributed by atoms with Crippen LogP contribution >= 0.6 is 27.3 Å². The lowest BCUT2D eigenvalue weighted by atomic mass is 10.2. The topological polar surface area (TPSA) is 9.23 Å². The van der Waals surface area contributed by atoms with Crippen LogP contribution in [0, 0.1) is 0 Å². The molecule has 0 saturated carbocycles. The maximum Gasteiger partial charge on any atom is 0.144 e. The fourth-order valence-electron chi connectivity index (χ4n) is 1.27. The first-order valence-electron chi connectivity index (χ1n) is 5.20. The zero-order chi connectivity index (χ0) is 10.2. The van der Waals surface area contributed by atoms with Crippen molar-refractivity contribution in [3.63, 3.8) is 0 Å². The van der Waals surface area contributed by atoms with Crippen LogP contribution < -0.4 is 4.74 Å². The summed E-state index contributed by atoms with van der Waals surface area (Å²) in [6.45, 7) is 3.08. The molecule has 0 spiro atoms. The predicted molar refractivity (Wildman–Crippen MR) is 66.3 cm³/mol. The molecule has 0 amide bonds. The zero-order valence-electron chi connectivity index (χ0n) is 8.59. The van der Waals surface area contributed by atoms with Crippen LogP contribution in [0.5, 0.6) is 5.75 Å². The van der Waals surface area contributed by atoms with Gasteiger partial charge in [-0.05, 0) is 33.8 Å². The molecule has 14 heavy (non-hydrogen) atoms. The van der Waals surface area contributed by atoms with Gasteiger partial charge in [-0.1, -0.05) is 32.6 Å². The van der Waals surface area contributed by atoms with Crippen LogP contribution in [-0.2, 0) is 0 Å². The predicted octanol–water partition coefficient (Wildman–Crippen LogP) is 4.86. The molecule has 0 N–H and O–H groups in total. The van der Waals surface area contributed by atoms with Crippen LogP contribution in [0.15, 0.2) is 15.2 Å². The first kappa shape index (κ1) is 12.1. The van der Waals surface area contributed by atoms with Gasteiger partial charge in [0.15, 0.2) is 0 Å². The number of ether oxygens (including phenoxy) is 1. The number of thiophene rings is 1. The molecule has 0 aliphatic carbocycles. The molecule has 1 rings (SSSR count). The van der Waals surface area contributed by atoms with Gasteiger partial charge in [0.05, 0.1) is 6.61 Å². The maximum atomic E-state index is 5.62. The van der Waals surface area contributed by atoms with Gasteiger partial charge in [0, 0.05) is 0 Å². The van der Waals surface area contributed by atoms with Crippen molar-refractivity contribution < 1.29 is 4.74 Å². The quantitative estimate of drug-likeness (QED) is 0.647. The van der Waals surface area contributed by atoms with Gasteiger partial charge >= 0.3 is 0 Å². The van der Waals surface area contributed by atoms with Crippen LogP contribution in [0.2, 0.25) is 0 Å². The van der Waals surface area contributed by atoms with Gasteiger partial charge in [-0.15, -0.1) is 11.3 Å². The van der Waals surface area contributed by atoms with E-state index < -0.39 is 0 Å². The molecule has 1 heterocycles. The minimum atomic E-state index is 0.846. The van der Waals surface area contributed by atoms with Crippen LogP contribution in [0.1, 0.15) is 39.0 Å². The average molecular weight is 277 g/mol. The molecule has 3 heteroatoms. The standard InChI is InChI=1S/C11H17BrOS/c1-2-3-4-5-6-8-13-10-7-9-14-11(10)12/h7,9H,2-6,8H2,1H3. The molecular formula is C11H17BrOS. The van der Waals surface area contributed by atoms with Gasteiger partial charge in [-0.25, -0.2) is 0 Å². The SMILES string of the molecule is CCCCCCCOc1ccsc1Br. The Labute approximate surface area is 98.6 Å². The highest BCUT2D eigenvalue weighted by molar-refractivity contribution is 9.11. The third-order valence-electron chi connectivity index (χ3n) is 2.09. The Morgan fingerprint density at radius 2 is 2.07 bits per heavy atom. The molecule has 0 radical (unpaired) electrons. The molecule has 0 aliphatic heterocycles. The second-order valence-corrected chi connectivity index (χ2v) is 5.56. The number of unbranched alkanes of at least 4 members (excludes halogenated alkanes) is 4. The number of hydrogen-bond acceptors (Lipinski definition) is 2. The molecular weight excluding hydrogens is 260 g/mol. The molecule has 0 atom stereocenters. The third kappa shape index (κ3) is 4.47. The van der Waals surface area contributed by atoms with E-state index in [0.717, 1.165) is 16.1 Å². The lowest BCUT2D eigenvalue weighted by Gasteiger charge is -2.04. The smallest absolute Gasteiger partial charge is 0.144 e. The number of hydrogen-bond donors (Lipinski definition) is 0. The fourth-order valence-corrected chi connectivity index (χ4v) is 2.40. The third-order valence-corrected chi connectivity index (χ3v) is 3.72. The summed E-state index contributed by atoms with van der Waals surface area (Å²) in [4.78, 5) is 0. The summed E-state index contributed by atoms with van der Waals surface area (Å²) >= 11 is 5.12. The number of halogens is 1. The first-order valence-corrected chi connectivity index (χ1v) is 6.87. The van der Waals surface area contributed by atoms with E-state index in [4.69, 9.17) is 4.74 Å². The van der Waals surface area contributed by atoms with Crippen LogP contribution in [0.4, 0.5) is 0 Å². The lowest BCUT2D eigenvalue weighted by molar-refractivity contribution is 0.304. The summed E-state index contributed by atoms with van der Waals surface area (Å²) in [5.74, 6) is 0.991. The number of rotatable bonds is 7. The van der Waals surface area contributed by atoms with E-state index >= 15 is 0 Å². The summed E-state index contributed by atoms with van der Waals surface area (Å²) in [5, 5.41) is 2.04. The van der Waals surface area contributed by atoms with E-state index in [0.29, 0.717) is 0 Å². The highest BCUT2D eigenvalue weighted by Gasteiger charge is 2.00. The van der Waals surface area contributed by atoms with Crippen molar-refractivity contribution in [3.05, 3.63) is 15.2 Å². The molecule has 0 fully saturated rings. The Morgan fingerprint density at radius 1 is 1.29 bits per heavy atom. The molecule has 0 aliphatic rings. The summed E-state index contributed by atoms with van der Waals surface area (Å²) in [6.07, 6.45) is 6.45. The largest absolute Gasteiger partial charge is 0.492 e. The second-order valence-electron chi connectivity index (χ2n) is 3.32. The molecule has 1 aromatic heterocycles. The minimum absolute atomic E-state index is 0.846. The lowest BCUT2D eigenvalue weighted by Crippen LogP contribution is -1.96. The highest BCUT2D eigenvalue weighted by atomic mass is 79.9. The summed E-state index contributed by atoms with van der Waals surface area (Å²) in [6, 6.07) is 2.01. The monoisotopic (exact) mass is 276 g/mol. The van der Waals surface area contributed by atoms with E-state index in [-0.39, 0.29) is 0 Å². The molecule has 0 aromatic carbocycles. The molecule has 0 saturated heterocycles. The maximum absolute atomic E-state index is 5.62. The van der Waals surface area contributed by atoms with Crippen LogP contribution in [0.3, 0.4) is 0 Å². The normalized spacial score (nSPS) is 10.4. The second kappa shape index (κ2) is 7.30. The molecule has 80 valence electrons. The van der Waals surface area contributed by atoms with Crippen molar-refractivity contribution in [2.24, 2.45) is 0 Å². The van der Waals surface area contributed by atoms with Gasteiger partial charge in [-0.2, -0.15) is 0 Å². The van der Waals surface area contributed by atoms with Crippen LogP contribution in [0.25, 0.3) is 0 Å². The summed E-state index contributed by atoms with van der Waals surface area (Å²) in [5.41, 5.74) is 0. The Balaban J connectivity index is 2.02. The van der Waals surface area contributed by atoms with Crippen molar-refractivity contribution >= 4 is 27.3 Å².